The molecule has 6 nitrogen and oxygen atoms in total. The standard InChI is InChI=1S/C18H26N4O2/c1-3-16(13-23)22-10-8-21(9-11-22)12-17-19-18(20-24-17)15-6-4-14(2)5-7-15/h4-7,16,23H,3,8-13H2,1-2H3. The Bertz CT molecular complexity index is 629. The highest BCUT2D eigenvalue weighted by atomic mass is 16.5. The van der Waals surface area contributed by atoms with Crippen LogP contribution in [-0.2, 0) is 6.54 Å². The molecule has 1 N–H and O–H groups in total. The summed E-state index contributed by atoms with van der Waals surface area (Å²) in [5.74, 6) is 1.31. The third kappa shape index (κ3) is 4.01. The first-order valence-electron chi connectivity index (χ1n) is 8.66. The molecule has 1 fully saturated rings. The third-order valence-corrected chi connectivity index (χ3v) is 4.74. The minimum Gasteiger partial charge on any atom is -0.395 e. The Hall–Kier alpha value is -1.76. The number of aryl methyl sites for hydroxylation is 1. The monoisotopic (exact) mass is 330 g/mol. The van der Waals surface area contributed by atoms with Gasteiger partial charge in [-0.3, -0.25) is 9.80 Å². The van der Waals surface area contributed by atoms with E-state index in [-0.39, 0.29) is 12.6 Å². The van der Waals surface area contributed by atoms with Gasteiger partial charge in [0.05, 0.1) is 13.2 Å². The van der Waals surface area contributed by atoms with Gasteiger partial charge in [-0.05, 0) is 13.3 Å². The molecule has 0 aliphatic carbocycles. The summed E-state index contributed by atoms with van der Waals surface area (Å²) in [5.41, 5.74) is 2.20. The number of aliphatic hydroxyl groups is 1. The van der Waals surface area contributed by atoms with Gasteiger partial charge in [0.25, 0.3) is 0 Å². The van der Waals surface area contributed by atoms with Crippen LogP contribution < -0.4 is 0 Å². The zero-order chi connectivity index (χ0) is 16.9. The van der Waals surface area contributed by atoms with Crippen molar-refractivity contribution in [3.8, 4) is 11.4 Å². The van der Waals surface area contributed by atoms with E-state index >= 15 is 0 Å². The highest BCUT2D eigenvalue weighted by molar-refractivity contribution is 5.54. The Kier molecular flexibility index (Phi) is 5.60. The van der Waals surface area contributed by atoms with Crippen molar-refractivity contribution in [1.29, 1.82) is 0 Å². The molecule has 1 unspecified atom stereocenters. The Balaban J connectivity index is 1.55. The van der Waals surface area contributed by atoms with Gasteiger partial charge in [0.1, 0.15) is 0 Å². The predicted molar refractivity (Wildman–Crippen MR) is 92.5 cm³/mol. The van der Waals surface area contributed by atoms with Gasteiger partial charge >= 0.3 is 0 Å². The van der Waals surface area contributed by atoms with Crippen molar-refractivity contribution in [2.45, 2.75) is 32.9 Å². The molecule has 0 bridgehead atoms. The molecule has 1 atom stereocenters. The molecule has 3 rings (SSSR count). The van der Waals surface area contributed by atoms with Crippen LogP contribution >= 0.6 is 0 Å². The summed E-state index contributed by atoms with van der Waals surface area (Å²) in [5, 5.41) is 13.5. The molecular formula is C18H26N4O2. The second-order valence-corrected chi connectivity index (χ2v) is 6.43. The van der Waals surface area contributed by atoms with Gasteiger partial charge in [0, 0.05) is 37.8 Å². The summed E-state index contributed by atoms with van der Waals surface area (Å²) in [6.07, 6.45) is 0.986. The van der Waals surface area contributed by atoms with Crippen molar-refractivity contribution < 1.29 is 9.63 Å². The Morgan fingerprint density at radius 1 is 1.17 bits per heavy atom. The van der Waals surface area contributed by atoms with Gasteiger partial charge < -0.3 is 9.63 Å². The van der Waals surface area contributed by atoms with E-state index in [2.05, 4.69) is 45.9 Å². The van der Waals surface area contributed by atoms with Crippen LogP contribution in [0.5, 0.6) is 0 Å². The number of benzene rings is 1. The fraction of sp³-hybridized carbons (Fsp3) is 0.556. The largest absolute Gasteiger partial charge is 0.395 e. The number of aromatic nitrogens is 2. The van der Waals surface area contributed by atoms with Gasteiger partial charge in [-0.1, -0.05) is 41.9 Å². The molecule has 0 spiro atoms. The smallest absolute Gasteiger partial charge is 0.241 e. The number of piperazine rings is 1. The first-order valence-corrected chi connectivity index (χ1v) is 8.66. The lowest BCUT2D eigenvalue weighted by atomic mass is 10.1. The quantitative estimate of drug-likeness (QED) is 0.873. The molecule has 6 heteroatoms. The molecule has 1 aliphatic heterocycles. The van der Waals surface area contributed by atoms with Crippen LogP contribution in [0.4, 0.5) is 0 Å². The molecule has 2 aromatic rings. The third-order valence-electron chi connectivity index (χ3n) is 4.74. The maximum atomic E-state index is 9.42. The van der Waals surface area contributed by atoms with E-state index < -0.39 is 0 Å². The molecular weight excluding hydrogens is 304 g/mol. The van der Waals surface area contributed by atoms with Crippen LogP contribution in [0.25, 0.3) is 11.4 Å². The van der Waals surface area contributed by atoms with E-state index in [9.17, 15) is 5.11 Å². The summed E-state index contributed by atoms with van der Waals surface area (Å²) in [6.45, 7) is 8.96. The van der Waals surface area contributed by atoms with Gasteiger partial charge in [-0.2, -0.15) is 4.98 Å². The molecule has 0 amide bonds. The van der Waals surface area contributed by atoms with E-state index in [1.165, 1.54) is 5.56 Å². The van der Waals surface area contributed by atoms with E-state index in [0.717, 1.165) is 38.2 Å². The number of hydrogen-bond donors (Lipinski definition) is 1. The van der Waals surface area contributed by atoms with Gasteiger partial charge in [0.2, 0.25) is 11.7 Å². The van der Waals surface area contributed by atoms with E-state index in [1.54, 1.807) is 0 Å². The number of hydrogen-bond acceptors (Lipinski definition) is 6. The average Bonchev–Trinajstić information content (AvgIpc) is 3.06. The second-order valence-electron chi connectivity index (χ2n) is 6.43. The fourth-order valence-corrected chi connectivity index (χ4v) is 3.12. The lowest BCUT2D eigenvalue weighted by Gasteiger charge is -2.37. The summed E-state index contributed by atoms with van der Waals surface area (Å²) in [4.78, 5) is 9.21. The molecule has 0 radical (unpaired) electrons. The predicted octanol–water partition coefficient (Wildman–Crippen LogP) is 1.93. The summed E-state index contributed by atoms with van der Waals surface area (Å²) >= 11 is 0. The zero-order valence-corrected chi connectivity index (χ0v) is 14.5. The molecule has 0 saturated carbocycles. The fourth-order valence-electron chi connectivity index (χ4n) is 3.12. The molecule has 2 heterocycles. The highest BCUT2D eigenvalue weighted by Gasteiger charge is 2.23. The molecule has 1 aromatic carbocycles. The van der Waals surface area contributed by atoms with E-state index in [1.807, 2.05) is 12.1 Å². The van der Waals surface area contributed by atoms with Crippen LogP contribution in [0.15, 0.2) is 28.8 Å². The van der Waals surface area contributed by atoms with E-state index in [0.29, 0.717) is 18.3 Å². The molecule has 1 aliphatic rings. The normalized spacial score (nSPS) is 18.0. The summed E-state index contributed by atoms with van der Waals surface area (Å²) in [6, 6.07) is 8.42. The van der Waals surface area contributed by atoms with Crippen molar-refractivity contribution in [3.05, 3.63) is 35.7 Å². The molecule has 130 valence electrons. The van der Waals surface area contributed by atoms with Gasteiger partial charge in [-0.25, -0.2) is 0 Å². The Morgan fingerprint density at radius 3 is 2.50 bits per heavy atom. The number of aliphatic hydroxyl groups excluding tert-OH is 1. The topological polar surface area (TPSA) is 65.6 Å². The highest BCUT2D eigenvalue weighted by Crippen LogP contribution is 2.17. The van der Waals surface area contributed by atoms with Crippen molar-refractivity contribution in [2.75, 3.05) is 32.8 Å². The number of rotatable bonds is 6. The van der Waals surface area contributed by atoms with Crippen molar-refractivity contribution >= 4 is 0 Å². The maximum Gasteiger partial charge on any atom is 0.241 e. The van der Waals surface area contributed by atoms with Crippen molar-refractivity contribution in [1.82, 2.24) is 19.9 Å². The lowest BCUT2D eigenvalue weighted by Crippen LogP contribution is -2.50. The van der Waals surface area contributed by atoms with Gasteiger partial charge in [0.15, 0.2) is 0 Å². The van der Waals surface area contributed by atoms with Crippen LogP contribution in [-0.4, -0.2) is 63.9 Å². The van der Waals surface area contributed by atoms with Crippen LogP contribution in [0, 0.1) is 6.92 Å². The summed E-state index contributed by atoms with van der Waals surface area (Å²) < 4.78 is 5.41. The second kappa shape index (κ2) is 7.88. The van der Waals surface area contributed by atoms with Crippen molar-refractivity contribution in [2.24, 2.45) is 0 Å². The average molecular weight is 330 g/mol. The maximum absolute atomic E-state index is 9.42. The molecule has 1 aromatic heterocycles. The van der Waals surface area contributed by atoms with Crippen LogP contribution in [0.1, 0.15) is 24.8 Å². The molecule has 1 saturated heterocycles. The molecule has 24 heavy (non-hydrogen) atoms. The van der Waals surface area contributed by atoms with Crippen LogP contribution in [0.2, 0.25) is 0 Å². The summed E-state index contributed by atoms with van der Waals surface area (Å²) in [7, 11) is 0. The SMILES string of the molecule is CCC(CO)N1CCN(Cc2nc(-c3ccc(C)cc3)no2)CC1. The van der Waals surface area contributed by atoms with E-state index in [4.69, 9.17) is 4.52 Å². The van der Waals surface area contributed by atoms with Crippen molar-refractivity contribution in [3.63, 3.8) is 0 Å². The zero-order valence-electron chi connectivity index (χ0n) is 14.5. The van der Waals surface area contributed by atoms with Gasteiger partial charge in [-0.15, -0.1) is 0 Å². The minimum absolute atomic E-state index is 0.236. The first-order chi connectivity index (χ1) is 11.7. The Labute approximate surface area is 143 Å². The lowest BCUT2D eigenvalue weighted by molar-refractivity contribution is 0.0568. The first kappa shape index (κ1) is 17.1. The van der Waals surface area contributed by atoms with Crippen LogP contribution in [0.3, 0.4) is 0 Å². The minimum atomic E-state index is 0.236. The Morgan fingerprint density at radius 2 is 1.88 bits per heavy atom. The number of nitrogens with zero attached hydrogens (tertiary/aromatic N) is 4.